The van der Waals surface area contributed by atoms with E-state index in [0.717, 1.165) is 0 Å². The molecule has 0 aromatic carbocycles. The van der Waals surface area contributed by atoms with Gasteiger partial charge < -0.3 is 9.47 Å². The summed E-state index contributed by atoms with van der Waals surface area (Å²) in [6.07, 6.45) is 6.81. The summed E-state index contributed by atoms with van der Waals surface area (Å²) in [6, 6.07) is 0. The van der Waals surface area contributed by atoms with Gasteiger partial charge in [-0.05, 0) is 25.7 Å². The fourth-order valence-corrected chi connectivity index (χ4v) is 2.47. The third-order valence-corrected chi connectivity index (χ3v) is 3.00. The lowest BCUT2D eigenvalue weighted by Gasteiger charge is -2.51. The van der Waals surface area contributed by atoms with Crippen LogP contribution in [0.15, 0.2) is 0 Å². The minimum Gasteiger partial charge on any atom is -0.370 e. The van der Waals surface area contributed by atoms with Gasteiger partial charge in [-0.3, -0.25) is 0 Å². The highest BCUT2D eigenvalue weighted by atomic mass is 16.6. The molecular weight excluding hydrogens is 128 g/mol. The zero-order valence-electron chi connectivity index (χ0n) is 5.95. The van der Waals surface area contributed by atoms with Crippen molar-refractivity contribution in [1.82, 2.24) is 0 Å². The Hall–Kier alpha value is -0.0800. The van der Waals surface area contributed by atoms with E-state index in [1.165, 1.54) is 25.7 Å². The van der Waals surface area contributed by atoms with Gasteiger partial charge in [0, 0.05) is 0 Å². The van der Waals surface area contributed by atoms with E-state index in [9.17, 15) is 0 Å². The Morgan fingerprint density at radius 2 is 0.900 bits per heavy atom. The van der Waals surface area contributed by atoms with E-state index < -0.39 is 0 Å². The molecule has 0 radical (unpaired) electrons. The minimum atomic E-state index is 0.462. The van der Waals surface area contributed by atoms with Gasteiger partial charge in [0.2, 0.25) is 0 Å². The number of fused-ring (bicyclic) bond motifs is 2. The molecule has 0 spiro atoms. The standard InChI is InChI=1S/C8H12O2/c1-2-6-8-4-3-7(10-6)5(1)9-8/h5-8H,1-4H2/t5-,6+,7-,8+. The quantitative estimate of drug-likeness (QED) is 0.501. The summed E-state index contributed by atoms with van der Waals surface area (Å²) < 4.78 is 11.5. The molecule has 2 heteroatoms. The zero-order chi connectivity index (χ0) is 6.55. The van der Waals surface area contributed by atoms with Crippen LogP contribution in [0.3, 0.4) is 0 Å². The smallest absolute Gasteiger partial charge is 0.0842 e. The maximum absolute atomic E-state index is 5.76. The lowest BCUT2D eigenvalue weighted by Crippen LogP contribution is -2.58. The van der Waals surface area contributed by atoms with Crippen molar-refractivity contribution in [2.24, 2.45) is 0 Å². The summed E-state index contributed by atoms with van der Waals surface area (Å²) in [4.78, 5) is 0. The number of ether oxygens (including phenoxy) is 2. The summed E-state index contributed by atoms with van der Waals surface area (Å²) in [7, 11) is 0. The molecule has 0 aliphatic carbocycles. The monoisotopic (exact) mass is 140 g/mol. The maximum atomic E-state index is 5.76. The van der Waals surface area contributed by atoms with E-state index in [4.69, 9.17) is 9.47 Å². The lowest BCUT2D eigenvalue weighted by molar-refractivity contribution is -0.285. The first-order valence-electron chi connectivity index (χ1n) is 4.24. The molecule has 5 fully saturated rings. The molecule has 0 aromatic rings. The third-order valence-electron chi connectivity index (χ3n) is 3.00. The molecule has 5 aliphatic heterocycles. The van der Waals surface area contributed by atoms with Crippen molar-refractivity contribution in [2.75, 3.05) is 0 Å². The summed E-state index contributed by atoms with van der Waals surface area (Å²) >= 11 is 0. The van der Waals surface area contributed by atoms with E-state index in [2.05, 4.69) is 0 Å². The van der Waals surface area contributed by atoms with Crippen molar-refractivity contribution in [2.45, 2.75) is 50.1 Å². The lowest BCUT2D eigenvalue weighted by atomic mass is 9.84. The highest BCUT2D eigenvalue weighted by Gasteiger charge is 2.47. The number of rotatable bonds is 0. The zero-order valence-corrected chi connectivity index (χ0v) is 5.95. The summed E-state index contributed by atoms with van der Waals surface area (Å²) in [5.41, 5.74) is 0. The normalized spacial score (nSPS) is 57.6. The molecule has 56 valence electrons. The fraction of sp³-hybridized carbons (Fsp3) is 1.00. The number of hydrogen-bond donors (Lipinski definition) is 0. The largest absolute Gasteiger partial charge is 0.370 e. The van der Waals surface area contributed by atoms with Crippen molar-refractivity contribution in [1.29, 1.82) is 0 Å². The third kappa shape index (κ3) is 0.565. The van der Waals surface area contributed by atoms with E-state index in [1.54, 1.807) is 0 Å². The van der Waals surface area contributed by atoms with Crippen LogP contribution in [0.2, 0.25) is 0 Å². The van der Waals surface area contributed by atoms with Gasteiger partial charge in [0.1, 0.15) is 0 Å². The first-order chi connectivity index (χ1) is 4.93. The molecule has 0 N–H and O–H groups in total. The molecule has 2 nitrogen and oxygen atoms in total. The Labute approximate surface area is 60.5 Å². The van der Waals surface area contributed by atoms with Gasteiger partial charge >= 0.3 is 0 Å². The predicted octanol–water partition coefficient (Wildman–Crippen LogP) is 1.10. The SMILES string of the molecule is C1C[C@H]2O[C@H]3CC[C@H]2O[C@@H]13. The van der Waals surface area contributed by atoms with E-state index in [1.807, 2.05) is 0 Å². The van der Waals surface area contributed by atoms with Crippen molar-refractivity contribution in [3.8, 4) is 0 Å². The van der Waals surface area contributed by atoms with Gasteiger partial charge in [0.15, 0.2) is 0 Å². The van der Waals surface area contributed by atoms with Crippen molar-refractivity contribution >= 4 is 0 Å². The van der Waals surface area contributed by atoms with Crippen LogP contribution >= 0.6 is 0 Å². The number of hydrogen-bond acceptors (Lipinski definition) is 2. The topological polar surface area (TPSA) is 18.5 Å². The molecule has 4 bridgehead atoms. The first kappa shape index (κ1) is 5.56. The van der Waals surface area contributed by atoms with Gasteiger partial charge in [-0.15, -0.1) is 0 Å². The molecule has 0 unspecified atom stereocenters. The van der Waals surface area contributed by atoms with Crippen molar-refractivity contribution in [3.63, 3.8) is 0 Å². The van der Waals surface area contributed by atoms with Gasteiger partial charge in [0.25, 0.3) is 0 Å². The van der Waals surface area contributed by atoms with Crippen LogP contribution in [0.25, 0.3) is 0 Å². The Morgan fingerprint density at radius 3 is 1.10 bits per heavy atom. The van der Waals surface area contributed by atoms with Gasteiger partial charge in [-0.2, -0.15) is 0 Å². The summed E-state index contributed by atoms with van der Waals surface area (Å²) in [6.45, 7) is 0. The molecule has 4 atom stereocenters. The fourth-order valence-electron chi connectivity index (χ4n) is 2.47. The first-order valence-corrected chi connectivity index (χ1v) is 4.24. The average Bonchev–Trinajstić information content (AvgIpc) is 2.05. The van der Waals surface area contributed by atoms with Crippen LogP contribution in [0.4, 0.5) is 0 Å². The van der Waals surface area contributed by atoms with Crippen LogP contribution < -0.4 is 0 Å². The second-order valence-electron chi connectivity index (χ2n) is 3.58. The molecule has 0 saturated carbocycles. The molecule has 5 heterocycles. The Morgan fingerprint density at radius 1 is 0.600 bits per heavy atom. The Bertz CT molecular complexity index is 123. The summed E-state index contributed by atoms with van der Waals surface area (Å²) in [5.74, 6) is 0. The van der Waals surface area contributed by atoms with E-state index in [-0.39, 0.29) is 0 Å². The van der Waals surface area contributed by atoms with Crippen molar-refractivity contribution < 1.29 is 9.47 Å². The Kier molecular flexibility index (Phi) is 0.968. The van der Waals surface area contributed by atoms with E-state index >= 15 is 0 Å². The van der Waals surface area contributed by atoms with Gasteiger partial charge in [-0.1, -0.05) is 0 Å². The van der Waals surface area contributed by atoms with Crippen LogP contribution in [0.5, 0.6) is 0 Å². The van der Waals surface area contributed by atoms with Crippen LogP contribution in [-0.2, 0) is 9.47 Å². The second-order valence-corrected chi connectivity index (χ2v) is 3.58. The average molecular weight is 140 g/mol. The molecule has 5 saturated heterocycles. The predicted molar refractivity (Wildman–Crippen MR) is 35.8 cm³/mol. The van der Waals surface area contributed by atoms with E-state index in [0.29, 0.717) is 24.4 Å². The van der Waals surface area contributed by atoms with Gasteiger partial charge in [0.05, 0.1) is 24.4 Å². The highest BCUT2D eigenvalue weighted by Crippen LogP contribution is 2.41. The van der Waals surface area contributed by atoms with Crippen LogP contribution in [0, 0.1) is 0 Å². The maximum Gasteiger partial charge on any atom is 0.0842 e. The van der Waals surface area contributed by atoms with Crippen molar-refractivity contribution in [3.05, 3.63) is 0 Å². The van der Waals surface area contributed by atoms with Crippen LogP contribution in [-0.4, -0.2) is 24.4 Å². The van der Waals surface area contributed by atoms with Crippen LogP contribution in [0.1, 0.15) is 25.7 Å². The molecule has 5 aliphatic rings. The summed E-state index contributed by atoms with van der Waals surface area (Å²) in [5, 5.41) is 0. The highest BCUT2D eigenvalue weighted by molar-refractivity contribution is 4.95. The molecule has 0 amide bonds. The second kappa shape index (κ2) is 1.74. The minimum absolute atomic E-state index is 0.462. The van der Waals surface area contributed by atoms with Gasteiger partial charge in [-0.25, -0.2) is 0 Å². The molecule has 5 rings (SSSR count). The molecule has 0 aromatic heterocycles. The molecule has 10 heavy (non-hydrogen) atoms. The molecular formula is C8H12O2. The Balaban J connectivity index is 1.94.